The summed E-state index contributed by atoms with van der Waals surface area (Å²) in [5.74, 6) is 1.34. The van der Waals surface area contributed by atoms with Gasteiger partial charge >= 0.3 is 0 Å². The Hall–Kier alpha value is -0.530. The fourth-order valence-electron chi connectivity index (χ4n) is 1.99. The summed E-state index contributed by atoms with van der Waals surface area (Å²) in [6.07, 6.45) is 4.57. The van der Waals surface area contributed by atoms with Crippen molar-refractivity contribution in [2.24, 2.45) is 11.8 Å². The van der Waals surface area contributed by atoms with Crippen LogP contribution in [0.5, 0.6) is 0 Å². The average Bonchev–Trinajstić information content (AvgIpc) is 2.19. The van der Waals surface area contributed by atoms with Gasteiger partial charge in [0.25, 0.3) is 0 Å². The molecule has 0 radical (unpaired) electrons. The van der Waals surface area contributed by atoms with E-state index in [2.05, 4.69) is 12.2 Å². The topological polar surface area (TPSA) is 29.1 Å². The van der Waals surface area contributed by atoms with E-state index in [9.17, 15) is 4.79 Å². The number of carbonyl (C=O) groups is 1. The lowest BCUT2D eigenvalue weighted by molar-refractivity contribution is -0.127. The first-order valence-corrected chi connectivity index (χ1v) is 6.70. The molecule has 1 rings (SSSR count). The molecule has 2 heteroatoms. The van der Waals surface area contributed by atoms with Crippen LogP contribution in [-0.4, -0.2) is 11.4 Å². The molecule has 0 atom stereocenters. The van der Waals surface area contributed by atoms with Crippen LogP contribution in [0.3, 0.4) is 0 Å². The molecule has 0 spiro atoms. The van der Waals surface area contributed by atoms with E-state index >= 15 is 0 Å². The first-order valence-electron chi connectivity index (χ1n) is 6.70. The molecule has 0 heterocycles. The summed E-state index contributed by atoms with van der Waals surface area (Å²) in [7, 11) is 0. The van der Waals surface area contributed by atoms with Gasteiger partial charge in [0.2, 0.25) is 5.91 Å². The molecule has 1 N–H and O–H groups in total. The van der Waals surface area contributed by atoms with Gasteiger partial charge < -0.3 is 5.32 Å². The summed E-state index contributed by atoms with van der Waals surface area (Å²) in [5, 5.41) is 3.06. The SMILES string of the molecule is CC.CC1CCC(C(=O)NC(C)(C)C)CC1. The Kier molecular flexibility index (Phi) is 6.70. The van der Waals surface area contributed by atoms with Gasteiger partial charge in [-0.25, -0.2) is 0 Å². The average molecular weight is 227 g/mol. The molecule has 0 unspecified atom stereocenters. The minimum absolute atomic E-state index is 0.0832. The summed E-state index contributed by atoms with van der Waals surface area (Å²) in [6, 6.07) is 0. The summed E-state index contributed by atoms with van der Waals surface area (Å²) in [6.45, 7) is 12.4. The van der Waals surface area contributed by atoms with Crippen LogP contribution in [0.4, 0.5) is 0 Å². The Morgan fingerprint density at radius 2 is 1.50 bits per heavy atom. The second-order valence-electron chi connectivity index (χ2n) is 5.70. The Bertz CT molecular complexity index is 197. The number of rotatable bonds is 1. The lowest BCUT2D eigenvalue weighted by Crippen LogP contribution is -2.44. The van der Waals surface area contributed by atoms with Gasteiger partial charge in [-0.1, -0.05) is 20.8 Å². The van der Waals surface area contributed by atoms with E-state index in [0.717, 1.165) is 18.8 Å². The fraction of sp³-hybridized carbons (Fsp3) is 0.929. The lowest BCUT2D eigenvalue weighted by atomic mass is 9.82. The van der Waals surface area contributed by atoms with Crippen molar-refractivity contribution in [3.8, 4) is 0 Å². The molecule has 0 aromatic rings. The number of carbonyl (C=O) groups excluding carboxylic acids is 1. The predicted molar refractivity (Wildman–Crippen MR) is 70.4 cm³/mol. The molecular weight excluding hydrogens is 198 g/mol. The zero-order valence-electron chi connectivity index (χ0n) is 11.9. The van der Waals surface area contributed by atoms with Gasteiger partial charge in [0.1, 0.15) is 0 Å². The van der Waals surface area contributed by atoms with Gasteiger partial charge in [-0.15, -0.1) is 0 Å². The van der Waals surface area contributed by atoms with Gasteiger partial charge in [-0.2, -0.15) is 0 Å². The summed E-state index contributed by atoms with van der Waals surface area (Å²) >= 11 is 0. The van der Waals surface area contributed by atoms with Crippen molar-refractivity contribution < 1.29 is 4.79 Å². The molecule has 1 aliphatic carbocycles. The predicted octanol–water partition coefficient (Wildman–Crippen LogP) is 3.75. The number of hydrogen-bond acceptors (Lipinski definition) is 1. The molecule has 16 heavy (non-hydrogen) atoms. The van der Waals surface area contributed by atoms with Crippen molar-refractivity contribution >= 4 is 5.91 Å². The number of amides is 1. The first-order chi connectivity index (χ1) is 7.38. The molecule has 1 fully saturated rings. The third kappa shape index (κ3) is 6.14. The van der Waals surface area contributed by atoms with Crippen LogP contribution in [0.25, 0.3) is 0 Å². The normalized spacial score (nSPS) is 25.4. The molecule has 96 valence electrons. The molecule has 0 aromatic heterocycles. The molecule has 1 aliphatic rings. The van der Waals surface area contributed by atoms with E-state index in [1.165, 1.54) is 12.8 Å². The molecule has 1 amide bonds. The van der Waals surface area contributed by atoms with Crippen LogP contribution >= 0.6 is 0 Å². The third-order valence-corrected chi connectivity index (χ3v) is 2.88. The minimum atomic E-state index is -0.0832. The Morgan fingerprint density at radius 1 is 1.06 bits per heavy atom. The Balaban J connectivity index is 0.00000106. The maximum atomic E-state index is 11.8. The second kappa shape index (κ2) is 6.93. The highest BCUT2D eigenvalue weighted by Crippen LogP contribution is 2.28. The minimum Gasteiger partial charge on any atom is -0.351 e. The van der Waals surface area contributed by atoms with E-state index in [4.69, 9.17) is 0 Å². The third-order valence-electron chi connectivity index (χ3n) is 2.88. The molecule has 0 bridgehead atoms. The van der Waals surface area contributed by atoms with E-state index < -0.39 is 0 Å². The quantitative estimate of drug-likeness (QED) is 0.726. The van der Waals surface area contributed by atoms with Crippen molar-refractivity contribution in [3.63, 3.8) is 0 Å². The lowest BCUT2D eigenvalue weighted by Gasteiger charge is -2.29. The van der Waals surface area contributed by atoms with E-state index in [0.29, 0.717) is 0 Å². The summed E-state index contributed by atoms with van der Waals surface area (Å²) < 4.78 is 0. The van der Waals surface area contributed by atoms with E-state index in [1.54, 1.807) is 0 Å². The highest BCUT2D eigenvalue weighted by molar-refractivity contribution is 5.79. The zero-order valence-corrected chi connectivity index (χ0v) is 11.9. The molecule has 1 saturated carbocycles. The van der Waals surface area contributed by atoms with Gasteiger partial charge in [0.05, 0.1) is 0 Å². The Labute approximate surface area is 101 Å². The largest absolute Gasteiger partial charge is 0.351 e. The zero-order chi connectivity index (χ0) is 12.8. The first kappa shape index (κ1) is 15.5. The molecule has 0 aliphatic heterocycles. The van der Waals surface area contributed by atoms with Gasteiger partial charge in [-0.05, 0) is 52.4 Å². The monoisotopic (exact) mass is 227 g/mol. The highest BCUT2D eigenvalue weighted by Gasteiger charge is 2.26. The standard InChI is InChI=1S/C12H23NO.C2H6/c1-9-5-7-10(8-6-9)11(14)13-12(2,3)4;1-2/h9-10H,5-8H2,1-4H3,(H,13,14);1-2H3. The maximum Gasteiger partial charge on any atom is 0.223 e. The van der Waals surface area contributed by atoms with Crippen molar-refractivity contribution in [1.29, 1.82) is 0 Å². The summed E-state index contributed by atoms with van der Waals surface area (Å²) in [4.78, 5) is 11.8. The molecular formula is C14H29NO. The van der Waals surface area contributed by atoms with Gasteiger partial charge in [0, 0.05) is 11.5 Å². The Morgan fingerprint density at radius 3 is 1.88 bits per heavy atom. The molecule has 0 aromatic carbocycles. The number of hydrogen-bond donors (Lipinski definition) is 1. The van der Waals surface area contributed by atoms with Crippen molar-refractivity contribution in [3.05, 3.63) is 0 Å². The van der Waals surface area contributed by atoms with E-state index in [-0.39, 0.29) is 17.4 Å². The number of nitrogens with one attached hydrogen (secondary N) is 1. The van der Waals surface area contributed by atoms with Crippen molar-refractivity contribution in [1.82, 2.24) is 5.32 Å². The molecule has 0 saturated heterocycles. The second-order valence-corrected chi connectivity index (χ2v) is 5.70. The van der Waals surface area contributed by atoms with Crippen LogP contribution in [-0.2, 0) is 4.79 Å². The van der Waals surface area contributed by atoms with Crippen molar-refractivity contribution in [2.75, 3.05) is 0 Å². The molecule has 2 nitrogen and oxygen atoms in total. The maximum absolute atomic E-state index is 11.8. The van der Waals surface area contributed by atoms with Crippen LogP contribution in [0.2, 0.25) is 0 Å². The van der Waals surface area contributed by atoms with Crippen LogP contribution in [0.15, 0.2) is 0 Å². The van der Waals surface area contributed by atoms with Gasteiger partial charge in [0.15, 0.2) is 0 Å². The van der Waals surface area contributed by atoms with Crippen LogP contribution in [0.1, 0.15) is 67.2 Å². The van der Waals surface area contributed by atoms with Crippen molar-refractivity contribution in [2.45, 2.75) is 72.8 Å². The van der Waals surface area contributed by atoms with Crippen LogP contribution < -0.4 is 5.32 Å². The van der Waals surface area contributed by atoms with Crippen LogP contribution in [0, 0.1) is 11.8 Å². The highest BCUT2D eigenvalue weighted by atomic mass is 16.2. The van der Waals surface area contributed by atoms with Gasteiger partial charge in [-0.3, -0.25) is 4.79 Å². The fourth-order valence-corrected chi connectivity index (χ4v) is 1.99. The summed E-state index contributed by atoms with van der Waals surface area (Å²) in [5.41, 5.74) is -0.0832. The van der Waals surface area contributed by atoms with E-state index in [1.807, 2.05) is 34.6 Å². The smallest absolute Gasteiger partial charge is 0.223 e.